The maximum Gasteiger partial charge on any atom is 0.416 e. The zero-order valence-electron chi connectivity index (χ0n) is 10.3. The summed E-state index contributed by atoms with van der Waals surface area (Å²) in [6.07, 6.45) is -3.66. The molecule has 0 unspecified atom stereocenters. The fraction of sp³-hybridized carbons (Fsp3) is 0.385. The van der Waals surface area contributed by atoms with E-state index in [4.69, 9.17) is 5.26 Å². The van der Waals surface area contributed by atoms with Crippen molar-refractivity contribution in [2.75, 3.05) is 0 Å². The average molecular weight is 270 g/mol. The van der Waals surface area contributed by atoms with Crippen LogP contribution >= 0.6 is 0 Å². The number of hydrogen-bond donors (Lipinski definition) is 1. The summed E-state index contributed by atoms with van der Waals surface area (Å²) in [5, 5.41) is 11.2. The van der Waals surface area contributed by atoms with Crippen molar-refractivity contribution in [3.8, 4) is 6.07 Å². The third-order valence-electron chi connectivity index (χ3n) is 2.64. The first-order valence-corrected chi connectivity index (χ1v) is 5.73. The first-order chi connectivity index (χ1) is 8.88. The Morgan fingerprint density at radius 1 is 1.37 bits per heavy atom. The number of carbonyl (C=O) groups is 1. The molecule has 0 aromatic heterocycles. The number of hydrogen-bond acceptors (Lipinski definition) is 2. The molecule has 0 saturated carbocycles. The smallest absolute Gasteiger partial charge is 0.348 e. The van der Waals surface area contributed by atoms with Crippen LogP contribution in [0.2, 0.25) is 0 Å². The molecule has 0 aliphatic carbocycles. The highest BCUT2D eigenvalue weighted by Gasteiger charge is 2.30. The molecule has 1 amide bonds. The molecule has 0 radical (unpaired) electrons. The predicted octanol–water partition coefficient (Wildman–Crippen LogP) is 3.13. The fourth-order valence-electron chi connectivity index (χ4n) is 1.49. The molecule has 1 N–H and O–H groups in total. The van der Waals surface area contributed by atoms with Crippen LogP contribution in [0.5, 0.6) is 0 Å². The first-order valence-electron chi connectivity index (χ1n) is 5.73. The third kappa shape index (κ3) is 4.28. The van der Waals surface area contributed by atoms with Crippen LogP contribution in [0.3, 0.4) is 0 Å². The lowest BCUT2D eigenvalue weighted by Gasteiger charge is -2.14. The lowest BCUT2D eigenvalue weighted by molar-refractivity contribution is -0.137. The highest BCUT2D eigenvalue weighted by molar-refractivity contribution is 5.94. The predicted molar refractivity (Wildman–Crippen MR) is 63.2 cm³/mol. The maximum absolute atomic E-state index is 12.3. The molecule has 1 aromatic carbocycles. The van der Waals surface area contributed by atoms with E-state index in [2.05, 4.69) is 5.32 Å². The number of carbonyl (C=O) groups excluding carboxylic acids is 1. The number of benzene rings is 1. The molecule has 102 valence electrons. The molecule has 19 heavy (non-hydrogen) atoms. The number of alkyl halides is 3. The largest absolute Gasteiger partial charge is 0.416 e. The highest BCUT2D eigenvalue weighted by atomic mass is 19.4. The summed E-state index contributed by atoms with van der Waals surface area (Å²) in [5.41, 5.74) is -0.655. The van der Waals surface area contributed by atoms with Gasteiger partial charge in [-0.05, 0) is 30.7 Å². The standard InChI is InChI=1S/C13H13F3N2O/c1-2-11(7-8-17)18-12(19)9-3-5-10(6-4-9)13(14,15)16/h3-6,11H,2,7H2,1H3,(H,18,19)/t11-/m1/s1. The van der Waals surface area contributed by atoms with Gasteiger partial charge in [-0.1, -0.05) is 6.92 Å². The molecule has 6 heteroatoms. The van der Waals surface area contributed by atoms with Crippen molar-refractivity contribution in [2.24, 2.45) is 0 Å². The summed E-state index contributed by atoms with van der Waals surface area (Å²) < 4.78 is 37.0. The molecular formula is C13H13F3N2O. The van der Waals surface area contributed by atoms with Gasteiger partial charge in [-0.3, -0.25) is 4.79 Å². The average Bonchev–Trinajstić information content (AvgIpc) is 2.37. The van der Waals surface area contributed by atoms with Gasteiger partial charge in [0, 0.05) is 11.6 Å². The zero-order valence-corrected chi connectivity index (χ0v) is 10.3. The van der Waals surface area contributed by atoms with Gasteiger partial charge in [0.05, 0.1) is 18.1 Å². The molecule has 0 saturated heterocycles. The third-order valence-corrected chi connectivity index (χ3v) is 2.64. The van der Waals surface area contributed by atoms with Crippen molar-refractivity contribution in [2.45, 2.75) is 32.0 Å². The Hall–Kier alpha value is -2.03. The maximum atomic E-state index is 12.3. The quantitative estimate of drug-likeness (QED) is 0.913. The number of halogens is 3. The molecule has 0 spiro atoms. The molecule has 0 bridgehead atoms. The van der Waals surface area contributed by atoms with Crippen LogP contribution in [0.1, 0.15) is 35.7 Å². The Morgan fingerprint density at radius 3 is 2.37 bits per heavy atom. The van der Waals surface area contributed by atoms with E-state index >= 15 is 0 Å². The molecule has 1 rings (SSSR count). The van der Waals surface area contributed by atoms with Gasteiger partial charge in [0.15, 0.2) is 0 Å². The van der Waals surface area contributed by atoms with Gasteiger partial charge < -0.3 is 5.32 Å². The van der Waals surface area contributed by atoms with Gasteiger partial charge in [0.25, 0.3) is 5.91 Å². The van der Waals surface area contributed by atoms with Crippen LogP contribution in [0.25, 0.3) is 0 Å². The second-order valence-electron chi connectivity index (χ2n) is 4.02. The molecule has 0 aliphatic rings. The summed E-state index contributed by atoms with van der Waals surface area (Å²) in [7, 11) is 0. The minimum absolute atomic E-state index is 0.143. The summed E-state index contributed by atoms with van der Waals surface area (Å²) in [6, 6.07) is 5.62. The van der Waals surface area contributed by atoms with E-state index in [1.165, 1.54) is 0 Å². The van der Waals surface area contributed by atoms with E-state index in [0.717, 1.165) is 24.3 Å². The van der Waals surface area contributed by atoms with Crippen molar-refractivity contribution >= 4 is 5.91 Å². The van der Waals surface area contributed by atoms with Gasteiger partial charge in [0.2, 0.25) is 0 Å². The van der Waals surface area contributed by atoms with Crippen molar-refractivity contribution in [3.63, 3.8) is 0 Å². The van der Waals surface area contributed by atoms with E-state index in [1.54, 1.807) is 0 Å². The Balaban J connectivity index is 2.76. The van der Waals surface area contributed by atoms with E-state index in [-0.39, 0.29) is 18.0 Å². The minimum atomic E-state index is -4.41. The van der Waals surface area contributed by atoms with Crippen molar-refractivity contribution in [1.82, 2.24) is 5.32 Å². The van der Waals surface area contributed by atoms with Crippen molar-refractivity contribution < 1.29 is 18.0 Å². The number of nitrogens with one attached hydrogen (secondary N) is 1. The molecule has 1 aromatic rings. The Kier molecular flexibility index (Phi) is 4.93. The van der Waals surface area contributed by atoms with Crippen molar-refractivity contribution in [3.05, 3.63) is 35.4 Å². The van der Waals surface area contributed by atoms with Crippen LogP contribution in [-0.4, -0.2) is 11.9 Å². The normalized spacial score (nSPS) is 12.6. The van der Waals surface area contributed by atoms with Crippen LogP contribution in [0, 0.1) is 11.3 Å². The van der Waals surface area contributed by atoms with Crippen LogP contribution in [0.4, 0.5) is 13.2 Å². The molecule has 3 nitrogen and oxygen atoms in total. The minimum Gasteiger partial charge on any atom is -0.348 e. The van der Waals surface area contributed by atoms with E-state index in [1.807, 2.05) is 13.0 Å². The summed E-state index contributed by atoms with van der Waals surface area (Å²) >= 11 is 0. The van der Waals surface area contributed by atoms with Gasteiger partial charge >= 0.3 is 6.18 Å². The number of nitrogens with zero attached hydrogens (tertiary/aromatic N) is 1. The Morgan fingerprint density at radius 2 is 1.95 bits per heavy atom. The molecule has 1 atom stereocenters. The molecule has 0 heterocycles. The number of amides is 1. The van der Waals surface area contributed by atoms with Crippen LogP contribution < -0.4 is 5.32 Å². The van der Waals surface area contributed by atoms with E-state index < -0.39 is 17.6 Å². The van der Waals surface area contributed by atoms with Crippen molar-refractivity contribution in [1.29, 1.82) is 5.26 Å². The van der Waals surface area contributed by atoms with Gasteiger partial charge in [-0.15, -0.1) is 0 Å². The molecular weight excluding hydrogens is 257 g/mol. The van der Waals surface area contributed by atoms with Gasteiger partial charge in [0.1, 0.15) is 0 Å². The van der Waals surface area contributed by atoms with Gasteiger partial charge in [-0.2, -0.15) is 18.4 Å². The highest BCUT2D eigenvalue weighted by Crippen LogP contribution is 2.29. The summed E-state index contributed by atoms with van der Waals surface area (Å²) in [6.45, 7) is 1.81. The second kappa shape index (κ2) is 6.23. The monoisotopic (exact) mass is 270 g/mol. The fourth-order valence-corrected chi connectivity index (χ4v) is 1.49. The SMILES string of the molecule is CC[C@H](CC#N)NC(=O)c1ccc(C(F)(F)F)cc1. The lowest BCUT2D eigenvalue weighted by atomic mass is 10.1. The number of nitriles is 1. The Bertz CT molecular complexity index is 474. The molecule has 0 aliphatic heterocycles. The zero-order chi connectivity index (χ0) is 14.5. The first kappa shape index (κ1) is 15.0. The van der Waals surface area contributed by atoms with Crippen LogP contribution in [-0.2, 0) is 6.18 Å². The summed E-state index contributed by atoms with van der Waals surface area (Å²) in [5.74, 6) is -0.476. The number of rotatable bonds is 4. The Labute approximate surface area is 109 Å². The van der Waals surface area contributed by atoms with E-state index in [0.29, 0.717) is 6.42 Å². The second-order valence-corrected chi connectivity index (χ2v) is 4.02. The van der Waals surface area contributed by atoms with E-state index in [9.17, 15) is 18.0 Å². The summed E-state index contributed by atoms with van der Waals surface area (Å²) in [4.78, 5) is 11.7. The van der Waals surface area contributed by atoms with Gasteiger partial charge in [-0.25, -0.2) is 0 Å². The van der Waals surface area contributed by atoms with Crippen LogP contribution in [0.15, 0.2) is 24.3 Å². The topological polar surface area (TPSA) is 52.9 Å². The molecule has 0 fully saturated rings. The lowest BCUT2D eigenvalue weighted by Crippen LogP contribution is -2.34.